The summed E-state index contributed by atoms with van der Waals surface area (Å²) in [6, 6.07) is 6.48. The maximum atomic E-state index is 12.3. The number of nitrogens with zero attached hydrogens (tertiary/aromatic N) is 1. The third kappa shape index (κ3) is 3.78. The smallest absolute Gasteiger partial charge is 0.243 e. The third-order valence-electron chi connectivity index (χ3n) is 2.48. The van der Waals surface area contributed by atoms with Crippen LogP contribution in [-0.2, 0) is 10.0 Å². The lowest BCUT2D eigenvalue weighted by molar-refractivity contribution is 0.152. The van der Waals surface area contributed by atoms with Crippen LogP contribution in [0.3, 0.4) is 0 Å². The van der Waals surface area contributed by atoms with Gasteiger partial charge in [-0.3, -0.25) is 0 Å². The Hall–Kier alpha value is -0.950. The highest BCUT2D eigenvalue weighted by Gasteiger charge is 2.24. The van der Waals surface area contributed by atoms with Gasteiger partial charge in [0.25, 0.3) is 0 Å². The Bertz CT molecular complexity index is 467. The van der Waals surface area contributed by atoms with E-state index in [0.29, 0.717) is 0 Å². The molecule has 0 saturated carbocycles. The average molecular weight is 273 g/mol. The standard InChI is InChI=1S/C12H19NO4S/c1-10-3-5-12(6-4-10)18(16,17)13(7-8-14)9-11(2)15/h3-6,11,14-15H,7-9H2,1-2H3. The second-order valence-corrected chi connectivity index (χ2v) is 6.19. The second kappa shape index (κ2) is 6.29. The van der Waals surface area contributed by atoms with Gasteiger partial charge in [-0.2, -0.15) is 4.31 Å². The van der Waals surface area contributed by atoms with Gasteiger partial charge in [-0.15, -0.1) is 0 Å². The Balaban J connectivity index is 3.04. The first-order valence-electron chi connectivity index (χ1n) is 5.73. The molecule has 0 aliphatic rings. The normalized spacial score (nSPS) is 13.8. The van der Waals surface area contributed by atoms with E-state index in [1.54, 1.807) is 12.1 Å². The molecular formula is C12H19NO4S. The van der Waals surface area contributed by atoms with Crippen LogP contribution in [0.4, 0.5) is 0 Å². The molecule has 0 aliphatic heterocycles. The first-order valence-corrected chi connectivity index (χ1v) is 7.17. The van der Waals surface area contributed by atoms with Crippen LogP contribution in [0.5, 0.6) is 0 Å². The third-order valence-corrected chi connectivity index (χ3v) is 4.36. The maximum Gasteiger partial charge on any atom is 0.243 e. The van der Waals surface area contributed by atoms with E-state index in [-0.39, 0.29) is 24.6 Å². The first-order chi connectivity index (χ1) is 8.37. The Morgan fingerprint density at radius 2 is 1.83 bits per heavy atom. The van der Waals surface area contributed by atoms with E-state index < -0.39 is 16.1 Å². The summed E-state index contributed by atoms with van der Waals surface area (Å²) in [7, 11) is -3.66. The molecule has 0 bridgehead atoms. The molecule has 0 aliphatic carbocycles. The fourth-order valence-corrected chi connectivity index (χ4v) is 3.09. The molecule has 102 valence electrons. The SMILES string of the molecule is Cc1ccc(S(=O)(=O)N(CCO)CC(C)O)cc1. The van der Waals surface area contributed by atoms with Crippen molar-refractivity contribution in [3.63, 3.8) is 0 Å². The molecule has 6 heteroatoms. The van der Waals surface area contributed by atoms with Gasteiger partial charge in [-0.25, -0.2) is 8.42 Å². The summed E-state index contributed by atoms with van der Waals surface area (Å²) in [5, 5.41) is 18.2. The lowest BCUT2D eigenvalue weighted by Gasteiger charge is -2.22. The van der Waals surface area contributed by atoms with Crippen LogP contribution in [0.25, 0.3) is 0 Å². The Morgan fingerprint density at radius 3 is 2.28 bits per heavy atom. The molecule has 1 unspecified atom stereocenters. The quantitative estimate of drug-likeness (QED) is 0.784. The molecule has 0 amide bonds. The van der Waals surface area contributed by atoms with Gasteiger partial charge in [-0.1, -0.05) is 17.7 Å². The van der Waals surface area contributed by atoms with Crippen molar-refractivity contribution in [2.45, 2.75) is 24.8 Å². The van der Waals surface area contributed by atoms with E-state index >= 15 is 0 Å². The summed E-state index contributed by atoms with van der Waals surface area (Å²) >= 11 is 0. The maximum absolute atomic E-state index is 12.3. The van der Waals surface area contributed by atoms with Crippen LogP contribution < -0.4 is 0 Å². The molecular weight excluding hydrogens is 254 g/mol. The highest BCUT2D eigenvalue weighted by atomic mass is 32.2. The van der Waals surface area contributed by atoms with Gasteiger partial charge in [0.1, 0.15) is 0 Å². The molecule has 5 nitrogen and oxygen atoms in total. The van der Waals surface area contributed by atoms with Crippen molar-refractivity contribution < 1.29 is 18.6 Å². The van der Waals surface area contributed by atoms with Crippen LogP contribution in [-0.4, -0.2) is 48.7 Å². The first kappa shape index (κ1) is 15.1. The van der Waals surface area contributed by atoms with E-state index in [1.807, 2.05) is 6.92 Å². The molecule has 1 atom stereocenters. The molecule has 0 fully saturated rings. The van der Waals surface area contributed by atoms with Crippen molar-refractivity contribution in [2.24, 2.45) is 0 Å². The zero-order valence-corrected chi connectivity index (χ0v) is 11.4. The van der Waals surface area contributed by atoms with Crippen molar-refractivity contribution in [1.82, 2.24) is 4.31 Å². The van der Waals surface area contributed by atoms with Crippen molar-refractivity contribution in [3.8, 4) is 0 Å². The summed E-state index contributed by atoms with van der Waals surface area (Å²) in [6.07, 6.45) is -0.781. The van der Waals surface area contributed by atoms with Gasteiger partial charge in [-0.05, 0) is 26.0 Å². The Morgan fingerprint density at radius 1 is 1.28 bits per heavy atom. The molecule has 18 heavy (non-hydrogen) atoms. The molecule has 2 N–H and O–H groups in total. The van der Waals surface area contributed by atoms with E-state index in [0.717, 1.165) is 9.87 Å². The van der Waals surface area contributed by atoms with Crippen molar-refractivity contribution >= 4 is 10.0 Å². The van der Waals surface area contributed by atoms with Crippen LogP contribution in [0.2, 0.25) is 0 Å². The van der Waals surface area contributed by atoms with Crippen LogP contribution >= 0.6 is 0 Å². The number of benzene rings is 1. The molecule has 0 heterocycles. The zero-order chi connectivity index (χ0) is 13.8. The number of hydrogen-bond donors (Lipinski definition) is 2. The van der Waals surface area contributed by atoms with Gasteiger partial charge in [0.15, 0.2) is 0 Å². The fraction of sp³-hybridized carbons (Fsp3) is 0.500. The lowest BCUT2D eigenvalue weighted by Crippen LogP contribution is -2.38. The summed E-state index contributed by atoms with van der Waals surface area (Å²) in [5.74, 6) is 0. The molecule has 1 aromatic carbocycles. The molecule has 1 aromatic rings. The van der Waals surface area contributed by atoms with E-state index in [9.17, 15) is 13.5 Å². The minimum atomic E-state index is -3.66. The molecule has 0 aromatic heterocycles. The molecule has 0 spiro atoms. The average Bonchev–Trinajstić information content (AvgIpc) is 2.28. The molecule has 0 radical (unpaired) electrons. The van der Waals surface area contributed by atoms with Crippen molar-refractivity contribution in [1.29, 1.82) is 0 Å². The predicted octanol–water partition coefficient (Wildman–Crippen LogP) is 0.359. The number of rotatable bonds is 6. The largest absolute Gasteiger partial charge is 0.395 e. The predicted molar refractivity (Wildman–Crippen MR) is 68.7 cm³/mol. The minimum absolute atomic E-state index is 0.0267. The molecule has 1 rings (SSSR count). The monoisotopic (exact) mass is 273 g/mol. The fourth-order valence-electron chi connectivity index (χ4n) is 1.58. The Labute approximate surface area is 108 Å². The summed E-state index contributed by atoms with van der Waals surface area (Å²) in [4.78, 5) is 0.169. The topological polar surface area (TPSA) is 77.8 Å². The summed E-state index contributed by atoms with van der Waals surface area (Å²) < 4.78 is 25.6. The summed E-state index contributed by atoms with van der Waals surface area (Å²) in [5.41, 5.74) is 0.971. The van der Waals surface area contributed by atoms with Gasteiger partial charge in [0, 0.05) is 13.1 Å². The Kier molecular flexibility index (Phi) is 5.28. The van der Waals surface area contributed by atoms with Crippen LogP contribution in [0, 0.1) is 6.92 Å². The van der Waals surface area contributed by atoms with Crippen LogP contribution in [0.1, 0.15) is 12.5 Å². The number of aliphatic hydroxyl groups is 2. The van der Waals surface area contributed by atoms with Gasteiger partial charge >= 0.3 is 0 Å². The highest BCUT2D eigenvalue weighted by Crippen LogP contribution is 2.16. The van der Waals surface area contributed by atoms with E-state index in [1.165, 1.54) is 19.1 Å². The number of hydrogen-bond acceptors (Lipinski definition) is 4. The van der Waals surface area contributed by atoms with Crippen molar-refractivity contribution in [3.05, 3.63) is 29.8 Å². The number of sulfonamides is 1. The number of aryl methyl sites for hydroxylation is 1. The highest BCUT2D eigenvalue weighted by molar-refractivity contribution is 7.89. The van der Waals surface area contributed by atoms with Crippen molar-refractivity contribution in [2.75, 3.05) is 19.7 Å². The zero-order valence-electron chi connectivity index (χ0n) is 10.6. The van der Waals surface area contributed by atoms with Gasteiger partial charge in [0.05, 0.1) is 17.6 Å². The minimum Gasteiger partial charge on any atom is -0.395 e. The van der Waals surface area contributed by atoms with Gasteiger partial charge < -0.3 is 10.2 Å². The van der Waals surface area contributed by atoms with Gasteiger partial charge in [0.2, 0.25) is 10.0 Å². The molecule has 0 saturated heterocycles. The second-order valence-electron chi connectivity index (χ2n) is 4.25. The van der Waals surface area contributed by atoms with E-state index in [2.05, 4.69) is 0 Å². The number of aliphatic hydroxyl groups excluding tert-OH is 2. The lowest BCUT2D eigenvalue weighted by atomic mass is 10.2. The van der Waals surface area contributed by atoms with Crippen LogP contribution in [0.15, 0.2) is 29.2 Å². The summed E-state index contributed by atoms with van der Waals surface area (Å²) in [6.45, 7) is 3.04. The van der Waals surface area contributed by atoms with E-state index in [4.69, 9.17) is 5.11 Å².